The van der Waals surface area contributed by atoms with Gasteiger partial charge in [0.1, 0.15) is 5.75 Å². The lowest BCUT2D eigenvalue weighted by Crippen LogP contribution is -2.39. The average molecular weight is 341 g/mol. The van der Waals surface area contributed by atoms with Gasteiger partial charge in [0.05, 0.1) is 24.9 Å². The second kappa shape index (κ2) is 7.51. The average Bonchev–Trinajstić information content (AvgIpc) is 2.62. The molecule has 1 N–H and O–H groups in total. The Morgan fingerprint density at radius 1 is 1.32 bits per heavy atom. The Labute approximate surface area is 146 Å². The van der Waals surface area contributed by atoms with Crippen LogP contribution in [0.25, 0.3) is 0 Å². The molecule has 0 aliphatic heterocycles. The highest BCUT2D eigenvalue weighted by Crippen LogP contribution is 2.18. The van der Waals surface area contributed by atoms with Gasteiger partial charge in [-0.1, -0.05) is 12.1 Å². The van der Waals surface area contributed by atoms with E-state index in [1.807, 2.05) is 13.0 Å². The van der Waals surface area contributed by atoms with Gasteiger partial charge in [-0.25, -0.2) is 4.68 Å². The zero-order chi connectivity index (χ0) is 17.8. The molecule has 0 fully saturated rings. The van der Waals surface area contributed by atoms with E-state index in [1.165, 1.54) is 11.8 Å². The normalized spacial score (nSPS) is 14.5. The van der Waals surface area contributed by atoms with E-state index in [4.69, 9.17) is 4.74 Å². The fourth-order valence-corrected chi connectivity index (χ4v) is 3.17. The van der Waals surface area contributed by atoms with Crippen LogP contribution in [0.4, 0.5) is 0 Å². The van der Waals surface area contributed by atoms with Gasteiger partial charge in [0, 0.05) is 12.1 Å². The van der Waals surface area contributed by atoms with Gasteiger partial charge in [0.25, 0.3) is 11.5 Å². The molecule has 1 aromatic carbocycles. The SMILES string of the molecule is COc1ccccc1C(=O)N[C@@H](C)Cn1nc2c(cc1=O)CCCC2. The third-order valence-electron chi connectivity index (χ3n) is 4.45. The number of hydrogen-bond donors (Lipinski definition) is 1. The molecule has 0 saturated heterocycles. The van der Waals surface area contributed by atoms with Gasteiger partial charge in [0.2, 0.25) is 0 Å². The van der Waals surface area contributed by atoms with E-state index >= 15 is 0 Å². The van der Waals surface area contributed by atoms with Crippen molar-refractivity contribution >= 4 is 5.91 Å². The molecule has 0 radical (unpaired) electrons. The van der Waals surface area contributed by atoms with Crippen LogP contribution in [0.1, 0.15) is 41.4 Å². The Kier molecular flexibility index (Phi) is 5.16. The van der Waals surface area contributed by atoms with Crippen molar-refractivity contribution in [1.29, 1.82) is 0 Å². The predicted molar refractivity (Wildman–Crippen MR) is 95.1 cm³/mol. The molecule has 1 aromatic heterocycles. The zero-order valence-corrected chi connectivity index (χ0v) is 14.6. The van der Waals surface area contributed by atoms with Crippen LogP contribution in [0.15, 0.2) is 35.1 Å². The summed E-state index contributed by atoms with van der Waals surface area (Å²) in [6.07, 6.45) is 4.07. The Morgan fingerprint density at radius 2 is 2.08 bits per heavy atom. The standard InChI is InChI=1S/C19H23N3O3/c1-13(20-19(24)15-8-4-6-10-17(15)25-2)12-22-18(23)11-14-7-3-5-9-16(14)21-22/h4,6,8,10-11,13H,3,5,7,9,12H2,1-2H3,(H,20,24)/t13-/m0/s1. The minimum atomic E-state index is -0.232. The third-order valence-corrected chi connectivity index (χ3v) is 4.45. The first-order valence-electron chi connectivity index (χ1n) is 8.62. The van der Waals surface area contributed by atoms with Crippen molar-refractivity contribution in [2.45, 2.75) is 45.2 Å². The maximum absolute atomic E-state index is 12.4. The Hall–Kier alpha value is -2.63. The number of nitrogens with zero attached hydrogens (tertiary/aromatic N) is 2. The molecule has 25 heavy (non-hydrogen) atoms. The number of hydrogen-bond acceptors (Lipinski definition) is 4. The molecule has 6 nitrogen and oxygen atoms in total. The summed E-state index contributed by atoms with van der Waals surface area (Å²) in [4.78, 5) is 24.7. The van der Waals surface area contributed by atoms with E-state index in [0.29, 0.717) is 17.9 Å². The van der Waals surface area contributed by atoms with E-state index < -0.39 is 0 Å². The molecular weight excluding hydrogens is 318 g/mol. The summed E-state index contributed by atoms with van der Waals surface area (Å²) < 4.78 is 6.67. The van der Waals surface area contributed by atoms with Crippen LogP contribution in [-0.4, -0.2) is 28.8 Å². The lowest BCUT2D eigenvalue weighted by molar-refractivity contribution is 0.0932. The second-order valence-electron chi connectivity index (χ2n) is 6.42. The van der Waals surface area contributed by atoms with E-state index in [2.05, 4.69) is 10.4 Å². The van der Waals surface area contributed by atoms with Gasteiger partial charge in [-0.15, -0.1) is 0 Å². The van der Waals surface area contributed by atoms with Crippen LogP contribution in [0.2, 0.25) is 0 Å². The zero-order valence-electron chi connectivity index (χ0n) is 14.6. The van der Waals surface area contributed by atoms with Crippen LogP contribution >= 0.6 is 0 Å². The maximum atomic E-state index is 12.4. The summed E-state index contributed by atoms with van der Waals surface area (Å²) in [5, 5.41) is 7.40. The fourth-order valence-electron chi connectivity index (χ4n) is 3.17. The molecule has 2 aromatic rings. The van der Waals surface area contributed by atoms with E-state index in [0.717, 1.165) is 36.9 Å². The molecule has 1 amide bonds. The van der Waals surface area contributed by atoms with Crippen LogP contribution in [-0.2, 0) is 19.4 Å². The smallest absolute Gasteiger partial charge is 0.267 e. The highest BCUT2D eigenvalue weighted by molar-refractivity contribution is 5.97. The minimum absolute atomic E-state index is 0.112. The molecule has 0 saturated carbocycles. The van der Waals surface area contributed by atoms with Crippen LogP contribution in [0.5, 0.6) is 5.75 Å². The van der Waals surface area contributed by atoms with E-state index in [9.17, 15) is 9.59 Å². The van der Waals surface area contributed by atoms with Crippen LogP contribution in [0, 0.1) is 0 Å². The van der Waals surface area contributed by atoms with Crippen molar-refractivity contribution in [3.63, 3.8) is 0 Å². The first-order chi connectivity index (χ1) is 12.1. The summed E-state index contributed by atoms with van der Waals surface area (Å²) in [5.41, 5.74) is 2.44. The molecule has 1 aliphatic carbocycles. The number of methoxy groups -OCH3 is 1. The van der Waals surface area contributed by atoms with Crippen molar-refractivity contribution in [2.75, 3.05) is 7.11 Å². The number of aryl methyl sites for hydroxylation is 2. The summed E-state index contributed by atoms with van der Waals surface area (Å²) in [5.74, 6) is 0.298. The van der Waals surface area contributed by atoms with Gasteiger partial charge >= 0.3 is 0 Å². The number of para-hydroxylation sites is 1. The Balaban J connectivity index is 1.71. The molecule has 1 heterocycles. The number of amides is 1. The van der Waals surface area contributed by atoms with Crippen molar-refractivity contribution in [3.05, 3.63) is 57.5 Å². The second-order valence-corrected chi connectivity index (χ2v) is 6.42. The first kappa shape index (κ1) is 17.2. The summed E-state index contributed by atoms with van der Waals surface area (Å²) in [6, 6.07) is 8.52. The van der Waals surface area contributed by atoms with Crippen LogP contribution in [0.3, 0.4) is 0 Å². The van der Waals surface area contributed by atoms with Crippen molar-refractivity contribution in [1.82, 2.24) is 15.1 Å². The molecular formula is C19H23N3O3. The molecule has 0 spiro atoms. The van der Waals surface area contributed by atoms with Crippen molar-refractivity contribution in [2.24, 2.45) is 0 Å². The van der Waals surface area contributed by atoms with E-state index in [-0.39, 0.29) is 17.5 Å². The number of carbonyl (C=O) groups is 1. The first-order valence-corrected chi connectivity index (χ1v) is 8.62. The predicted octanol–water partition coefficient (Wildman–Crippen LogP) is 1.95. The molecule has 1 atom stereocenters. The lowest BCUT2D eigenvalue weighted by atomic mass is 9.97. The number of nitrogens with one attached hydrogen (secondary N) is 1. The molecule has 3 rings (SSSR count). The molecule has 1 aliphatic rings. The summed E-state index contributed by atoms with van der Waals surface area (Å²) >= 11 is 0. The van der Waals surface area contributed by atoms with Crippen LogP contribution < -0.4 is 15.6 Å². The molecule has 6 heteroatoms. The van der Waals surface area contributed by atoms with Crippen molar-refractivity contribution < 1.29 is 9.53 Å². The maximum Gasteiger partial charge on any atom is 0.267 e. The quantitative estimate of drug-likeness (QED) is 0.902. The number of aromatic nitrogens is 2. The Bertz CT molecular complexity index is 829. The number of ether oxygens (including phenoxy) is 1. The molecule has 0 bridgehead atoms. The number of carbonyl (C=O) groups excluding carboxylic acids is 1. The number of benzene rings is 1. The number of fused-ring (bicyclic) bond motifs is 1. The summed E-state index contributed by atoms with van der Waals surface area (Å²) in [7, 11) is 1.53. The number of rotatable bonds is 5. The summed E-state index contributed by atoms with van der Waals surface area (Å²) in [6.45, 7) is 2.20. The molecule has 0 unspecified atom stereocenters. The monoisotopic (exact) mass is 341 g/mol. The van der Waals surface area contributed by atoms with Gasteiger partial charge in [0.15, 0.2) is 0 Å². The minimum Gasteiger partial charge on any atom is -0.496 e. The fraction of sp³-hybridized carbons (Fsp3) is 0.421. The van der Waals surface area contributed by atoms with Gasteiger partial charge in [-0.3, -0.25) is 9.59 Å². The highest BCUT2D eigenvalue weighted by Gasteiger charge is 2.17. The topological polar surface area (TPSA) is 73.2 Å². The van der Waals surface area contributed by atoms with Gasteiger partial charge < -0.3 is 10.1 Å². The van der Waals surface area contributed by atoms with Gasteiger partial charge in [-0.05, 0) is 50.3 Å². The third kappa shape index (κ3) is 3.90. The Morgan fingerprint density at radius 3 is 2.88 bits per heavy atom. The van der Waals surface area contributed by atoms with Crippen molar-refractivity contribution in [3.8, 4) is 5.75 Å². The molecule has 132 valence electrons. The largest absolute Gasteiger partial charge is 0.496 e. The highest BCUT2D eigenvalue weighted by atomic mass is 16.5. The lowest BCUT2D eigenvalue weighted by Gasteiger charge is -2.19. The van der Waals surface area contributed by atoms with Gasteiger partial charge in [-0.2, -0.15) is 5.10 Å². The van der Waals surface area contributed by atoms with E-state index in [1.54, 1.807) is 24.3 Å².